The van der Waals surface area contributed by atoms with Crippen molar-refractivity contribution in [3.63, 3.8) is 0 Å². The maximum atomic E-state index is 5.47. The molecule has 2 heteroatoms. The van der Waals surface area contributed by atoms with E-state index in [1.54, 1.807) is 0 Å². The van der Waals surface area contributed by atoms with E-state index in [9.17, 15) is 0 Å². The van der Waals surface area contributed by atoms with Crippen LogP contribution < -0.4 is 5.32 Å². The number of nitrogens with one attached hydrogen (secondary N) is 1. The zero-order valence-corrected chi connectivity index (χ0v) is 11.6. The van der Waals surface area contributed by atoms with Crippen molar-refractivity contribution in [1.29, 1.82) is 0 Å². The van der Waals surface area contributed by atoms with Gasteiger partial charge in [0.1, 0.15) is 0 Å². The fraction of sp³-hybridized carbons (Fsp3) is 0.625. The van der Waals surface area contributed by atoms with Crippen LogP contribution in [0.15, 0.2) is 24.3 Å². The Labute approximate surface area is 111 Å². The lowest BCUT2D eigenvalue weighted by atomic mass is 9.92. The second kappa shape index (κ2) is 6.79. The van der Waals surface area contributed by atoms with Crippen LogP contribution in [0, 0.1) is 0 Å². The molecule has 18 heavy (non-hydrogen) atoms. The van der Waals surface area contributed by atoms with Gasteiger partial charge in [-0.3, -0.25) is 0 Å². The fourth-order valence-corrected chi connectivity index (χ4v) is 2.78. The van der Waals surface area contributed by atoms with Crippen molar-refractivity contribution in [2.45, 2.75) is 57.6 Å². The smallest absolute Gasteiger partial charge is 0.0590 e. The summed E-state index contributed by atoms with van der Waals surface area (Å²) in [5.74, 6) is 0. The minimum Gasteiger partial charge on any atom is -0.382 e. The number of hydrogen-bond acceptors (Lipinski definition) is 2. The highest BCUT2D eigenvalue weighted by molar-refractivity contribution is 5.45. The zero-order valence-electron chi connectivity index (χ0n) is 11.6. The highest BCUT2D eigenvalue weighted by atomic mass is 16.5. The van der Waals surface area contributed by atoms with Gasteiger partial charge in [0.15, 0.2) is 0 Å². The molecule has 0 aliphatic heterocycles. The van der Waals surface area contributed by atoms with Crippen LogP contribution in [0.2, 0.25) is 0 Å². The molecule has 1 N–H and O–H groups in total. The lowest BCUT2D eigenvalue weighted by Gasteiger charge is -2.29. The summed E-state index contributed by atoms with van der Waals surface area (Å²) in [7, 11) is 1.83. The van der Waals surface area contributed by atoms with Gasteiger partial charge < -0.3 is 10.1 Å². The third-order valence-corrected chi connectivity index (χ3v) is 3.82. The van der Waals surface area contributed by atoms with Crippen LogP contribution in [0.1, 0.15) is 44.6 Å². The minimum absolute atomic E-state index is 0.440. The van der Waals surface area contributed by atoms with Crippen molar-refractivity contribution in [1.82, 2.24) is 0 Å². The fourth-order valence-electron chi connectivity index (χ4n) is 2.78. The van der Waals surface area contributed by atoms with Crippen LogP contribution in [-0.2, 0) is 11.2 Å². The monoisotopic (exact) mass is 247 g/mol. The Morgan fingerprint density at radius 3 is 2.67 bits per heavy atom. The van der Waals surface area contributed by atoms with Gasteiger partial charge in [-0.2, -0.15) is 0 Å². The van der Waals surface area contributed by atoms with Crippen LogP contribution in [0.5, 0.6) is 0 Å². The average molecular weight is 247 g/mol. The Kier molecular flexibility index (Phi) is 5.06. The Balaban J connectivity index is 1.88. The van der Waals surface area contributed by atoms with Gasteiger partial charge in [0.2, 0.25) is 0 Å². The van der Waals surface area contributed by atoms with Crippen molar-refractivity contribution >= 4 is 5.69 Å². The summed E-state index contributed by atoms with van der Waals surface area (Å²) in [5, 5.41) is 3.63. The summed E-state index contributed by atoms with van der Waals surface area (Å²) in [6, 6.07) is 9.47. The van der Waals surface area contributed by atoms with Gasteiger partial charge in [-0.1, -0.05) is 25.5 Å². The molecule has 0 saturated heterocycles. The Hall–Kier alpha value is -1.02. The number of rotatable bonds is 5. The van der Waals surface area contributed by atoms with E-state index in [1.807, 2.05) is 7.11 Å². The van der Waals surface area contributed by atoms with Crippen LogP contribution in [0.4, 0.5) is 5.69 Å². The first-order valence-electron chi connectivity index (χ1n) is 7.20. The van der Waals surface area contributed by atoms with E-state index in [0.717, 1.165) is 6.42 Å². The second-order valence-corrected chi connectivity index (χ2v) is 5.31. The third kappa shape index (κ3) is 3.74. The maximum Gasteiger partial charge on any atom is 0.0590 e. The summed E-state index contributed by atoms with van der Waals surface area (Å²) >= 11 is 0. The van der Waals surface area contributed by atoms with Crippen molar-refractivity contribution in [2.24, 2.45) is 0 Å². The van der Waals surface area contributed by atoms with Crippen molar-refractivity contribution in [2.75, 3.05) is 12.4 Å². The van der Waals surface area contributed by atoms with Gasteiger partial charge in [0.25, 0.3) is 0 Å². The molecule has 2 unspecified atom stereocenters. The number of hydrogen-bond donors (Lipinski definition) is 1. The molecule has 2 nitrogen and oxygen atoms in total. The molecule has 100 valence electrons. The number of methoxy groups -OCH3 is 1. The van der Waals surface area contributed by atoms with Crippen LogP contribution in [-0.4, -0.2) is 19.3 Å². The van der Waals surface area contributed by atoms with Crippen molar-refractivity contribution in [3.05, 3.63) is 29.8 Å². The first-order chi connectivity index (χ1) is 8.81. The molecule has 0 aromatic heterocycles. The van der Waals surface area contributed by atoms with E-state index >= 15 is 0 Å². The molecule has 1 saturated carbocycles. The minimum atomic E-state index is 0.440. The second-order valence-electron chi connectivity index (χ2n) is 5.31. The molecule has 0 amide bonds. The van der Waals surface area contributed by atoms with Gasteiger partial charge in [0, 0.05) is 18.8 Å². The summed E-state index contributed by atoms with van der Waals surface area (Å²) in [6.07, 6.45) is 7.70. The Morgan fingerprint density at radius 1 is 1.22 bits per heavy atom. The predicted molar refractivity (Wildman–Crippen MR) is 77.1 cm³/mol. The molecule has 1 aliphatic carbocycles. The number of anilines is 1. The third-order valence-electron chi connectivity index (χ3n) is 3.82. The average Bonchev–Trinajstić information content (AvgIpc) is 2.42. The molecule has 1 aromatic carbocycles. The molecule has 0 heterocycles. The van der Waals surface area contributed by atoms with E-state index in [2.05, 4.69) is 36.5 Å². The Morgan fingerprint density at radius 2 is 2.00 bits per heavy atom. The molecule has 0 bridgehead atoms. The van der Waals surface area contributed by atoms with Crippen LogP contribution in [0.25, 0.3) is 0 Å². The highest BCUT2D eigenvalue weighted by Gasteiger charge is 2.21. The molecule has 2 atom stereocenters. The van der Waals surface area contributed by atoms with E-state index in [-0.39, 0.29) is 0 Å². The van der Waals surface area contributed by atoms with E-state index in [0.29, 0.717) is 12.1 Å². The molecular formula is C16H25NO. The number of aryl methyl sites for hydroxylation is 1. The largest absolute Gasteiger partial charge is 0.382 e. The molecule has 1 aliphatic rings. The van der Waals surface area contributed by atoms with E-state index in [4.69, 9.17) is 4.74 Å². The molecular weight excluding hydrogens is 222 g/mol. The number of benzene rings is 1. The molecule has 2 rings (SSSR count). The summed E-state index contributed by atoms with van der Waals surface area (Å²) < 4.78 is 5.47. The predicted octanol–water partition coefficient (Wildman–Crippen LogP) is 4.01. The highest BCUT2D eigenvalue weighted by Crippen LogP contribution is 2.24. The van der Waals surface area contributed by atoms with Crippen LogP contribution >= 0.6 is 0 Å². The standard InChI is InChI=1S/C16H25NO/c1-3-5-13-8-10-14(11-9-13)17-15-6-4-7-16(12-15)18-2/h8-11,15-17H,3-7,12H2,1-2H3. The zero-order chi connectivity index (χ0) is 12.8. The van der Waals surface area contributed by atoms with E-state index < -0.39 is 0 Å². The molecule has 0 spiro atoms. The van der Waals surface area contributed by atoms with Gasteiger partial charge in [-0.15, -0.1) is 0 Å². The number of ether oxygens (including phenoxy) is 1. The first-order valence-corrected chi connectivity index (χ1v) is 7.20. The lowest BCUT2D eigenvalue weighted by Crippen LogP contribution is -2.30. The molecule has 0 radical (unpaired) electrons. The maximum absolute atomic E-state index is 5.47. The summed E-state index contributed by atoms with van der Waals surface area (Å²) in [6.45, 7) is 2.22. The van der Waals surface area contributed by atoms with Gasteiger partial charge in [-0.05, 0) is 49.8 Å². The first kappa shape index (κ1) is 13.4. The SMILES string of the molecule is CCCc1ccc(NC2CCCC(OC)C2)cc1. The lowest BCUT2D eigenvalue weighted by molar-refractivity contribution is 0.0669. The topological polar surface area (TPSA) is 21.3 Å². The van der Waals surface area contributed by atoms with Gasteiger partial charge in [-0.25, -0.2) is 0 Å². The van der Waals surface area contributed by atoms with E-state index in [1.165, 1.54) is 43.4 Å². The Bertz CT molecular complexity index is 347. The van der Waals surface area contributed by atoms with Crippen LogP contribution in [0.3, 0.4) is 0 Å². The summed E-state index contributed by atoms with van der Waals surface area (Å²) in [5.41, 5.74) is 2.68. The van der Waals surface area contributed by atoms with Crippen molar-refractivity contribution in [3.8, 4) is 0 Å². The quantitative estimate of drug-likeness (QED) is 0.849. The molecule has 1 fully saturated rings. The normalized spacial score (nSPS) is 23.9. The summed E-state index contributed by atoms with van der Waals surface area (Å²) in [4.78, 5) is 0. The van der Waals surface area contributed by atoms with Gasteiger partial charge in [0.05, 0.1) is 6.10 Å². The van der Waals surface area contributed by atoms with Gasteiger partial charge >= 0.3 is 0 Å². The molecule has 1 aromatic rings. The van der Waals surface area contributed by atoms with Crippen molar-refractivity contribution < 1.29 is 4.74 Å².